The second kappa shape index (κ2) is 4.73. The molecule has 2 nitrogen and oxygen atoms in total. The molecule has 16 heavy (non-hydrogen) atoms. The number of furan rings is 1. The van der Waals surface area contributed by atoms with Gasteiger partial charge in [0.15, 0.2) is 0 Å². The molecule has 0 bridgehead atoms. The molecule has 1 aromatic carbocycles. The van der Waals surface area contributed by atoms with Gasteiger partial charge in [-0.1, -0.05) is 23.7 Å². The van der Waals surface area contributed by atoms with Crippen LogP contribution in [-0.2, 0) is 6.42 Å². The van der Waals surface area contributed by atoms with E-state index in [1.54, 1.807) is 6.26 Å². The molecule has 2 aromatic rings. The van der Waals surface area contributed by atoms with Gasteiger partial charge in [-0.05, 0) is 42.7 Å². The van der Waals surface area contributed by atoms with E-state index in [1.807, 2.05) is 37.3 Å². The first-order chi connectivity index (χ1) is 7.66. The van der Waals surface area contributed by atoms with E-state index in [-0.39, 0.29) is 6.04 Å². The minimum absolute atomic E-state index is 0.101. The SMILES string of the molecule is Cc1ccoc1C(N)Cc1ccc(Cl)cc1. The number of hydrogen-bond donors (Lipinski definition) is 1. The van der Waals surface area contributed by atoms with Crippen molar-refractivity contribution < 1.29 is 4.42 Å². The van der Waals surface area contributed by atoms with E-state index >= 15 is 0 Å². The zero-order valence-electron chi connectivity index (χ0n) is 9.11. The summed E-state index contributed by atoms with van der Waals surface area (Å²) in [6.45, 7) is 2.00. The van der Waals surface area contributed by atoms with Crippen LogP contribution in [-0.4, -0.2) is 0 Å². The Kier molecular flexibility index (Phi) is 3.32. The van der Waals surface area contributed by atoms with Gasteiger partial charge in [0.05, 0.1) is 12.3 Å². The molecule has 1 aromatic heterocycles. The molecule has 2 N–H and O–H groups in total. The van der Waals surface area contributed by atoms with E-state index in [0.29, 0.717) is 0 Å². The summed E-state index contributed by atoms with van der Waals surface area (Å²) in [6.07, 6.45) is 2.43. The fourth-order valence-corrected chi connectivity index (χ4v) is 1.86. The van der Waals surface area contributed by atoms with Gasteiger partial charge in [0.25, 0.3) is 0 Å². The number of benzene rings is 1. The molecule has 1 heterocycles. The smallest absolute Gasteiger partial charge is 0.123 e. The van der Waals surface area contributed by atoms with E-state index in [0.717, 1.165) is 28.3 Å². The third kappa shape index (κ3) is 2.46. The van der Waals surface area contributed by atoms with Crippen LogP contribution < -0.4 is 5.73 Å². The van der Waals surface area contributed by atoms with Crippen LogP contribution in [0.1, 0.15) is 22.9 Å². The van der Waals surface area contributed by atoms with E-state index in [1.165, 1.54) is 0 Å². The van der Waals surface area contributed by atoms with Crippen LogP contribution in [0.3, 0.4) is 0 Å². The average molecular weight is 236 g/mol. The highest BCUT2D eigenvalue weighted by Gasteiger charge is 2.12. The highest BCUT2D eigenvalue weighted by molar-refractivity contribution is 6.30. The molecular weight excluding hydrogens is 222 g/mol. The molecule has 84 valence electrons. The number of rotatable bonds is 3. The number of hydrogen-bond acceptors (Lipinski definition) is 2. The van der Waals surface area contributed by atoms with E-state index < -0.39 is 0 Å². The Bertz CT molecular complexity index is 461. The molecule has 1 atom stereocenters. The normalized spacial score (nSPS) is 12.7. The lowest BCUT2D eigenvalue weighted by atomic mass is 10.0. The van der Waals surface area contributed by atoms with Gasteiger partial charge in [0.1, 0.15) is 5.76 Å². The molecule has 1 unspecified atom stereocenters. The molecule has 0 saturated heterocycles. The zero-order chi connectivity index (χ0) is 11.5. The lowest BCUT2D eigenvalue weighted by molar-refractivity contribution is 0.461. The van der Waals surface area contributed by atoms with Gasteiger partial charge in [0, 0.05) is 5.02 Å². The number of aryl methyl sites for hydroxylation is 1. The summed E-state index contributed by atoms with van der Waals surface area (Å²) in [7, 11) is 0. The van der Waals surface area contributed by atoms with Gasteiger partial charge in [-0.25, -0.2) is 0 Å². The van der Waals surface area contributed by atoms with Gasteiger partial charge in [-0.15, -0.1) is 0 Å². The van der Waals surface area contributed by atoms with Crippen molar-refractivity contribution >= 4 is 11.6 Å². The third-order valence-corrected chi connectivity index (χ3v) is 2.86. The van der Waals surface area contributed by atoms with Crippen molar-refractivity contribution in [2.45, 2.75) is 19.4 Å². The summed E-state index contributed by atoms with van der Waals surface area (Å²) in [4.78, 5) is 0. The fraction of sp³-hybridized carbons (Fsp3) is 0.231. The summed E-state index contributed by atoms with van der Waals surface area (Å²) in [6, 6.07) is 9.55. The molecule has 2 rings (SSSR count). The monoisotopic (exact) mass is 235 g/mol. The summed E-state index contributed by atoms with van der Waals surface area (Å²) in [5.74, 6) is 0.856. The Morgan fingerprint density at radius 1 is 1.25 bits per heavy atom. The molecule has 0 aliphatic heterocycles. The van der Waals surface area contributed by atoms with Gasteiger partial charge >= 0.3 is 0 Å². The molecule has 0 radical (unpaired) electrons. The first kappa shape index (κ1) is 11.2. The van der Waals surface area contributed by atoms with Crippen LogP contribution in [0.4, 0.5) is 0 Å². The number of nitrogens with two attached hydrogens (primary N) is 1. The molecule has 3 heteroatoms. The molecule has 0 fully saturated rings. The molecule has 0 aliphatic rings. The highest BCUT2D eigenvalue weighted by Crippen LogP contribution is 2.21. The Morgan fingerprint density at radius 2 is 1.94 bits per heavy atom. The van der Waals surface area contributed by atoms with Crippen LogP contribution in [0, 0.1) is 6.92 Å². The van der Waals surface area contributed by atoms with Gasteiger partial charge in [-0.3, -0.25) is 0 Å². The second-order valence-electron chi connectivity index (χ2n) is 3.90. The third-order valence-electron chi connectivity index (χ3n) is 2.61. The van der Waals surface area contributed by atoms with Crippen molar-refractivity contribution in [2.24, 2.45) is 5.73 Å². The van der Waals surface area contributed by atoms with Gasteiger partial charge in [-0.2, -0.15) is 0 Å². The molecule has 0 aliphatic carbocycles. The first-order valence-electron chi connectivity index (χ1n) is 5.21. The van der Waals surface area contributed by atoms with Crippen LogP contribution in [0.15, 0.2) is 41.0 Å². The van der Waals surface area contributed by atoms with Gasteiger partial charge < -0.3 is 10.2 Å². The van der Waals surface area contributed by atoms with Crippen molar-refractivity contribution in [2.75, 3.05) is 0 Å². The first-order valence-corrected chi connectivity index (χ1v) is 5.58. The Labute approximate surface area is 100 Å². The van der Waals surface area contributed by atoms with Crippen molar-refractivity contribution in [1.82, 2.24) is 0 Å². The molecule has 0 spiro atoms. The maximum absolute atomic E-state index is 6.08. The zero-order valence-corrected chi connectivity index (χ0v) is 9.87. The van der Waals surface area contributed by atoms with Crippen LogP contribution >= 0.6 is 11.6 Å². The number of halogens is 1. The molecule has 0 saturated carbocycles. The molecular formula is C13H14ClNO. The summed E-state index contributed by atoms with van der Waals surface area (Å²) >= 11 is 5.82. The van der Waals surface area contributed by atoms with Crippen molar-refractivity contribution in [3.05, 3.63) is 58.5 Å². The highest BCUT2D eigenvalue weighted by atomic mass is 35.5. The Hall–Kier alpha value is -1.25. The average Bonchev–Trinajstić information content (AvgIpc) is 2.68. The quantitative estimate of drug-likeness (QED) is 0.885. The Morgan fingerprint density at radius 3 is 2.50 bits per heavy atom. The van der Waals surface area contributed by atoms with E-state index in [4.69, 9.17) is 21.8 Å². The predicted octanol–water partition coefficient (Wildman–Crippen LogP) is 3.48. The van der Waals surface area contributed by atoms with Crippen LogP contribution in [0.5, 0.6) is 0 Å². The summed E-state index contributed by atoms with van der Waals surface area (Å²) in [5.41, 5.74) is 8.34. The van der Waals surface area contributed by atoms with E-state index in [9.17, 15) is 0 Å². The topological polar surface area (TPSA) is 39.2 Å². The standard InChI is InChI=1S/C13H14ClNO/c1-9-6-7-16-13(9)12(15)8-10-2-4-11(14)5-3-10/h2-7,12H,8,15H2,1H3. The maximum atomic E-state index is 6.08. The lowest BCUT2D eigenvalue weighted by Crippen LogP contribution is -2.13. The predicted molar refractivity (Wildman–Crippen MR) is 65.5 cm³/mol. The fourth-order valence-electron chi connectivity index (χ4n) is 1.73. The summed E-state index contributed by atoms with van der Waals surface area (Å²) in [5, 5.41) is 0.742. The van der Waals surface area contributed by atoms with Crippen molar-refractivity contribution in [3.8, 4) is 0 Å². The van der Waals surface area contributed by atoms with Crippen molar-refractivity contribution in [3.63, 3.8) is 0 Å². The largest absolute Gasteiger partial charge is 0.467 e. The summed E-state index contributed by atoms with van der Waals surface area (Å²) < 4.78 is 5.37. The Balaban J connectivity index is 2.10. The second-order valence-corrected chi connectivity index (χ2v) is 4.34. The minimum Gasteiger partial charge on any atom is -0.467 e. The van der Waals surface area contributed by atoms with Crippen LogP contribution in [0.25, 0.3) is 0 Å². The van der Waals surface area contributed by atoms with E-state index in [2.05, 4.69) is 0 Å². The van der Waals surface area contributed by atoms with Crippen LogP contribution in [0.2, 0.25) is 5.02 Å². The van der Waals surface area contributed by atoms with Crippen molar-refractivity contribution in [1.29, 1.82) is 0 Å². The van der Waals surface area contributed by atoms with Gasteiger partial charge in [0.2, 0.25) is 0 Å². The maximum Gasteiger partial charge on any atom is 0.123 e. The minimum atomic E-state index is -0.101. The lowest BCUT2D eigenvalue weighted by Gasteiger charge is -2.10. The molecule has 0 amide bonds.